The number of benzene rings is 2. The number of esters is 1. The number of carbonyl (C=O) groups is 1. The average molecular weight is 290 g/mol. The van der Waals surface area contributed by atoms with Crippen LogP contribution in [-0.4, -0.2) is 5.97 Å². The Bertz CT molecular complexity index is 674. The summed E-state index contributed by atoms with van der Waals surface area (Å²) in [6.45, 7) is -0.0565. The second-order valence-electron chi connectivity index (χ2n) is 3.98. The van der Waals surface area contributed by atoms with Gasteiger partial charge in [0, 0.05) is 0 Å². The molecule has 0 saturated carbocycles. The number of hydrogen-bond donors (Lipinski definition) is 0. The standard InChI is InChI=1S/C15H9ClFNO2/c16-12-5-2-6-13(17)14(12)15(19)20-9-11-4-1-3-10(7-11)8-18/h1-7H,9H2. The first-order valence-corrected chi connectivity index (χ1v) is 6.10. The van der Waals surface area contributed by atoms with E-state index in [4.69, 9.17) is 21.6 Å². The number of nitriles is 1. The van der Waals surface area contributed by atoms with Crippen molar-refractivity contribution in [3.8, 4) is 6.07 Å². The number of carbonyl (C=O) groups excluding carboxylic acids is 1. The summed E-state index contributed by atoms with van der Waals surface area (Å²) in [5.74, 6) is -1.57. The molecule has 3 nitrogen and oxygen atoms in total. The lowest BCUT2D eigenvalue weighted by Crippen LogP contribution is -2.08. The number of rotatable bonds is 3. The van der Waals surface area contributed by atoms with Gasteiger partial charge >= 0.3 is 5.97 Å². The summed E-state index contributed by atoms with van der Waals surface area (Å²) < 4.78 is 18.5. The Labute approximate surface area is 120 Å². The highest BCUT2D eigenvalue weighted by Crippen LogP contribution is 2.20. The molecule has 100 valence electrons. The van der Waals surface area contributed by atoms with Gasteiger partial charge in [-0.05, 0) is 29.8 Å². The first-order valence-electron chi connectivity index (χ1n) is 5.72. The normalized spacial score (nSPS) is 9.85. The maximum absolute atomic E-state index is 13.5. The summed E-state index contributed by atoms with van der Waals surface area (Å²) in [7, 11) is 0. The van der Waals surface area contributed by atoms with Crippen LogP contribution < -0.4 is 0 Å². The van der Waals surface area contributed by atoms with E-state index in [9.17, 15) is 9.18 Å². The topological polar surface area (TPSA) is 50.1 Å². The Kier molecular flexibility index (Phi) is 4.34. The van der Waals surface area contributed by atoms with Crippen LogP contribution in [0.2, 0.25) is 5.02 Å². The van der Waals surface area contributed by atoms with Crippen molar-refractivity contribution in [1.29, 1.82) is 5.26 Å². The maximum Gasteiger partial charge on any atom is 0.342 e. The predicted octanol–water partition coefficient (Wildman–Crippen LogP) is 3.71. The summed E-state index contributed by atoms with van der Waals surface area (Å²) in [5.41, 5.74) is 0.818. The summed E-state index contributed by atoms with van der Waals surface area (Å²) in [5, 5.41) is 8.77. The molecule has 0 unspecified atom stereocenters. The van der Waals surface area contributed by atoms with Crippen LogP contribution in [-0.2, 0) is 11.3 Å². The Hall–Kier alpha value is -2.38. The van der Waals surface area contributed by atoms with Crippen LogP contribution in [0.25, 0.3) is 0 Å². The first kappa shape index (κ1) is 14.0. The van der Waals surface area contributed by atoms with Crippen molar-refractivity contribution >= 4 is 17.6 Å². The second kappa shape index (κ2) is 6.18. The third-order valence-electron chi connectivity index (χ3n) is 2.59. The van der Waals surface area contributed by atoms with Crippen molar-refractivity contribution in [1.82, 2.24) is 0 Å². The van der Waals surface area contributed by atoms with Gasteiger partial charge in [0.2, 0.25) is 0 Å². The number of nitrogens with zero attached hydrogens (tertiary/aromatic N) is 1. The van der Waals surface area contributed by atoms with Crippen molar-refractivity contribution < 1.29 is 13.9 Å². The molecule has 20 heavy (non-hydrogen) atoms. The van der Waals surface area contributed by atoms with Crippen molar-refractivity contribution in [3.63, 3.8) is 0 Å². The Morgan fingerprint density at radius 1 is 1.30 bits per heavy atom. The maximum atomic E-state index is 13.5. The van der Waals surface area contributed by atoms with E-state index >= 15 is 0 Å². The van der Waals surface area contributed by atoms with Gasteiger partial charge < -0.3 is 4.74 Å². The molecule has 0 bridgehead atoms. The van der Waals surface area contributed by atoms with Gasteiger partial charge in [-0.1, -0.05) is 29.8 Å². The zero-order valence-corrected chi connectivity index (χ0v) is 11.0. The molecule has 2 aromatic carbocycles. The van der Waals surface area contributed by atoms with Crippen LogP contribution in [0.15, 0.2) is 42.5 Å². The zero-order chi connectivity index (χ0) is 14.5. The molecular weight excluding hydrogens is 281 g/mol. The van der Waals surface area contributed by atoms with Crippen molar-refractivity contribution in [2.24, 2.45) is 0 Å². The minimum absolute atomic E-state index is 0.000718. The molecule has 2 aromatic rings. The van der Waals surface area contributed by atoms with Gasteiger partial charge in [0.05, 0.1) is 16.7 Å². The van der Waals surface area contributed by atoms with Gasteiger partial charge in [0.15, 0.2) is 0 Å². The number of ether oxygens (including phenoxy) is 1. The quantitative estimate of drug-likeness (QED) is 0.809. The van der Waals surface area contributed by atoms with Gasteiger partial charge in [-0.3, -0.25) is 0 Å². The fourth-order valence-electron chi connectivity index (χ4n) is 1.64. The van der Waals surface area contributed by atoms with E-state index in [0.29, 0.717) is 11.1 Å². The van der Waals surface area contributed by atoms with E-state index < -0.39 is 11.8 Å². The predicted molar refractivity (Wildman–Crippen MR) is 71.7 cm³/mol. The molecule has 0 radical (unpaired) electrons. The van der Waals surface area contributed by atoms with Gasteiger partial charge in [0.25, 0.3) is 0 Å². The largest absolute Gasteiger partial charge is 0.457 e. The molecule has 0 N–H and O–H groups in total. The molecule has 0 spiro atoms. The third kappa shape index (κ3) is 3.14. The van der Waals surface area contributed by atoms with E-state index in [2.05, 4.69) is 0 Å². The van der Waals surface area contributed by atoms with E-state index in [1.165, 1.54) is 12.1 Å². The molecular formula is C15H9ClFNO2. The smallest absolute Gasteiger partial charge is 0.342 e. The van der Waals surface area contributed by atoms with Gasteiger partial charge in [0.1, 0.15) is 18.0 Å². The van der Waals surface area contributed by atoms with Crippen LogP contribution in [0.3, 0.4) is 0 Å². The number of halogens is 2. The van der Waals surface area contributed by atoms with Gasteiger partial charge in [-0.15, -0.1) is 0 Å². The lowest BCUT2D eigenvalue weighted by molar-refractivity contribution is 0.0467. The monoisotopic (exact) mass is 289 g/mol. The molecule has 0 amide bonds. The summed E-state index contributed by atoms with van der Waals surface area (Å²) in [6, 6.07) is 12.6. The minimum atomic E-state index is -0.838. The molecule has 0 aromatic heterocycles. The van der Waals surface area contributed by atoms with E-state index in [1.54, 1.807) is 24.3 Å². The Balaban J connectivity index is 2.11. The van der Waals surface area contributed by atoms with Crippen molar-refractivity contribution in [3.05, 3.63) is 70.0 Å². The summed E-state index contributed by atoms with van der Waals surface area (Å²) in [6.07, 6.45) is 0. The molecule has 0 aliphatic carbocycles. The SMILES string of the molecule is N#Cc1cccc(COC(=O)c2c(F)cccc2Cl)c1. The number of hydrogen-bond acceptors (Lipinski definition) is 3. The molecule has 0 atom stereocenters. The lowest BCUT2D eigenvalue weighted by Gasteiger charge is -2.07. The van der Waals surface area contributed by atoms with Crippen molar-refractivity contribution in [2.75, 3.05) is 0 Å². The van der Waals surface area contributed by atoms with E-state index in [-0.39, 0.29) is 17.2 Å². The van der Waals surface area contributed by atoms with Crippen LogP contribution in [0.4, 0.5) is 4.39 Å². The highest BCUT2D eigenvalue weighted by molar-refractivity contribution is 6.33. The third-order valence-corrected chi connectivity index (χ3v) is 2.91. The molecule has 0 saturated heterocycles. The van der Waals surface area contributed by atoms with E-state index in [0.717, 1.165) is 6.07 Å². The summed E-state index contributed by atoms with van der Waals surface area (Å²) >= 11 is 5.77. The second-order valence-corrected chi connectivity index (χ2v) is 4.39. The van der Waals surface area contributed by atoms with Crippen LogP contribution in [0, 0.1) is 17.1 Å². The molecule has 0 fully saturated rings. The Morgan fingerprint density at radius 2 is 2.05 bits per heavy atom. The summed E-state index contributed by atoms with van der Waals surface area (Å²) in [4.78, 5) is 11.8. The van der Waals surface area contributed by atoms with Gasteiger partial charge in [-0.25, -0.2) is 9.18 Å². The van der Waals surface area contributed by atoms with Crippen LogP contribution in [0.1, 0.15) is 21.5 Å². The molecule has 0 aliphatic heterocycles. The average Bonchev–Trinajstić information content (AvgIpc) is 2.45. The molecule has 5 heteroatoms. The van der Waals surface area contributed by atoms with Gasteiger partial charge in [-0.2, -0.15) is 5.26 Å². The van der Waals surface area contributed by atoms with E-state index in [1.807, 2.05) is 6.07 Å². The van der Waals surface area contributed by atoms with Crippen LogP contribution in [0.5, 0.6) is 0 Å². The minimum Gasteiger partial charge on any atom is -0.457 e. The first-order chi connectivity index (χ1) is 9.61. The molecule has 0 aliphatic rings. The fraction of sp³-hybridized carbons (Fsp3) is 0.0667. The van der Waals surface area contributed by atoms with Crippen molar-refractivity contribution in [2.45, 2.75) is 6.61 Å². The molecule has 2 rings (SSSR count). The Morgan fingerprint density at radius 3 is 2.75 bits per heavy atom. The fourth-order valence-corrected chi connectivity index (χ4v) is 1.88. The van der Waals surface area contributed by atoms with Crippen LogP contribution >= 0.6 is 11.6 Å². The highest BCUT2D eigenvalue weighted by atomic mass is 35.5. The molecule has 0 heterocycles. The lowest BCUT2D eigenvalue weighted by atomic mass is 10.1. The zero-order valence-electron chi connectivity index (χ0n) is 10.3. The highest BCUT2D eigenvalue weighted by Gasteiger charge is 2.17.